The molecule has 29 heavy (non-hydrogen) atoms. The summed E-state index contributed by atoms with van der Waals surface area (Å²) in [6.07, 6.45) is 1.51. The average molecular weight is 416 g/mol. The van der Waals surface area contributed by atoms with Crippen molar-refractivity contribution in [3.05, 3.63) is 59.1 Å². The van der Waals surface area contributed by atoms with Crippen molar-refractivity contribution < 1.29 is 14.3 Å². The van der Waals surface area contributed by atoms with Crippen LogP contribution in [0.1, 0.15) is 25.3 Å². The lowest BCUT2D eigenvalue weighted by Gasteiger charge is -2.38. The van der Waals surface area contributed by atoms with Gasteiger partial charge in [-0.1, -0.05) is 23.7 Å². The number of rotatable bonds is 5. The number of carbonyl (C=O) groups excluding carboxylic acids is 2. The van der Waals surface area contributed by atoms with Gasteiger partial charge in [-0.25, -0.2) is 4.79 Å². The molecule has 1 N–H and O–H groups in total. The van der Waals surface area contributed by atoms with Crippen LogP contribution in [0.25, 0.3) is 0 Å². The predicted octanol–water partition coefficient (Wildman–Crippen LogP) is 4.39. The van der Waals surface area contributed by atoms with E-state index in [0.717, 1.165) is 24.2 Å². The standard InChI is InChI=1S/C22H26ClN3O3/c1-16(27)25-13-11-20(12-14-25)26(15-17-3-9-21(29-2)10-4-17)22(28)24-19-7-5-18(23)6-8-19/h3-10,20H,11-15H2,1-2H3,(H,24,28). The molecule has 2 aromatic rings. The second-order valence-corrected chi connectivity index (χ2v) is 7.59. The normalized spacial score (nSPS) is 14.4. The van der Waals surface area contributed by atoms with Crippen LogP contribution in [0.4, 0.5) is 10.5 Å². The number of benzene rings is 2. The van der Waals surface area contributed by atoms with Crippen molar-refractivity contribution in [1.29, 1.82) is 0 Å². The summed E-state index contributed by atoms with van der Waals surface area (Å²) >= 11 is 5.94. The lowest BCUT2D eigenvalue weighted by molar-refractivity contribution is -0.130. The van der Waals surface area contributed by atoms with Gasteiger partial charge in [-0.3, -0.25) is 4.79 Å². The van der Waals surface area contributed by atoms with Crippen molar-refractivity contribution >= 4 is 29.2 Å². The highest BCUT2D eigenvalue weighted by Gasteiger charge is 2.29. The van der Waals surface area contributed by atoms with Crippen molar-refractivity contribution in [2.45, 2.75) is 32.4 Å². The first-order valence-corrected chi connectivity index (χ1v) is 10.1. The topological polar surface area (TPSA) is 61.9 Å². The fourth-order valence-electron chi connectivity index (χ4n) is 3.52. The van der Waals surface area contributed by atoms with Gasteiger partial charge in [-0.05, 0) is 54.8 Å². The molecule has 0 bridgehead atoms. The predicted molar refractivity (Wildman–Crippen MR) is 114 cm³/mol. The first kappa shape index (κ1) is 21.0. The van der Waals surface area contributed by atoms with Gasteiger partial charge in [0.05, 0.1) is 7.11 Å². The van der Waals surface area contributed by atoms with Crippen molar-refractivity contribution in [1.82, 2.24) is 9.80 Å². The van der Waals surface area contributed by atoms with E-state index in [0.29, 0.717) is 30.3 Å². The van der Waals surface area contributed by atoms with E-state index in [1.807, 2.05) is 34.1 Å². The third-order valence-corrected chi connectivity index (χ3v) is 5.47. The molecule has 0 unspecified atom stereocenters. The first-order chi connectivity index (χ1) is 14.0. The summed E-state index contributed by atoms with van der Waals surface area (Å²) in [4.78, 5) is 28.4. The Labute approximate surface area is 176 Å². The van der Waals surface area contributed by atoms with E-state index in [1.165, 1.54) is 0 Å². The summed E-state index contributed by atoms with van der Waals surface area (Å²) in [6.45, 7) is 3.39. The van der Waals surface area contributed by atoms with Gasteiger partial charge in [0.15, 0.2) is 0 Å². The van der Waals surface area contributed by atoms with Gasteiger partial charge < -0.3 is 19.9 Å². The second kappa shape index (κ2) is 9.65. The number of anilines is 1. The maximum atomic E-state index is 13.1. The zero-order valence-electron chi connectivity index (χ0n) is 16.7. The molecule has 0 saturated carbocycles. The minimum absolute atomic E-state index is 0.0556. The van der Waals surface area contributed by atoms with E-state index in [4.69, 9.17) is 16.3 Å². The van der Waals surface area contributed by atoms with Gasteiger partial charge >= 0.3 is 6.03 Å². The van der Waals surface area contributed by atoms with Gasteiger partial charge in [0.25, 0.3) is 0 Å². The van der Waals surface area contributed by atoms with Crippen LogP contribution >= 0.6 is 11.6 Å². The smallest absolute Gasteiger partial charge is 0.322 e. The number of carbonyl (C=O) groups is 2. The minimum Gasteiger partial charge on any atom is -0.497 e. The molecule has 3 rings (SSSR count). The van der Waals surface area contributed by atoms with E-state index in [9.17, 15) is 9.59 Å². The Morgan fingerprint density at radius 1 is 1.10 bits per heavy atom. The van der Waals surface area contributed by atoms with Gasteiger partial charge in [-0.15, -0.1) is 0 Å². The molecule has 7 heteroatoms. The van der Waals surface area contributed by atoms with Gasteiger partial charge in [-0.2, -0.15) is 0 Å². The highest BCUT2D eigenvalue weighted by molar-refractivity contribution is 6.30. The number of methoxy groups -OCH3 is 1. The molecule has 1 heterocycles. The lowest BCUT2D eigenvalue weighted by atomic mass is 10.0. The number of nitrogens with zero attached hydrogens (tertiary/aromatic N) is 2. The molecule has 2 aromatic carbocycles. The number of likely N-dealkylation sites (tertiary alicyclic amines) is 1. The molecule has 154 valence electrons. The van der Waals surface area contributed by atoms with Gasteiger partial charge in [0, 0.05) is 43.3 Å². The molecule has 0 spiro atoms. The Bertz CT molecular complexity index is 831. The zero-order valence-corrected chi connectivity index (χ0v) is 17.5. The summed E-state index contributed by atoms with van der Waals surface area (Å²) < 4.78 is 5.22. The van der Waals surface area contributed by atoms with E-state index >= 15 is 0 Å². The fourth-order valence-corrected chi connectivity index (χ4v) is 3.64. The first-order valence-electron chi connectivity index (χ1n) is 9.68. The fraction of sp³-hybridized carbons (Fsp3) is 0.364. The van der Waals surface area contributed by atoms with Crippen LogP contribution in [0.15, 0.2) is 48.5 Å². The average Bonchev–Trinajstić information content (AvgIpc) is 2.74. The van der Waals surface area contributed by atoms with Crippen LogP contribution in [0, 0.1) is 0 Å². The van der Waals surface area contributed by atoms with Gasteiger partial charge in [0.1, 0.15) is 5.75 Å². The van der Waals surface area contributed by atoms with Crippen molar-refractivity contribution in [2.75, 3.05) is 25.5 Å². The van der Waals surface area contributed by atoms with E-state index in [1.54, 1.807) is 38.3 Å². The quantitative estimate of drug-likeness (QED) is 0.787. The number of nitrogens with one attached hydrogen (secondary N) is 1. The van der Waals surface area contributed by atoms with Crippen LogP contribution in [-0.4, -0.2) is 48.0 Å². The monoisotopic (exact) mass is 415 g/mol. The number of hydrogen-bond donors (Lipinski definition) is 1. The minimum atomic E-state index is -0.163. The molecular weight excluding hydrogens is 390 g/mol. The number of urea groups is 1. The molecule has 3 amide bonds. The number of amides is 3. The van der Waals surface area contributed by atoms with Gasteiger partial charge in [0.2, 0.25) is 5.91 Å². The Morgan fingerprint density at radius 3 is 2.28 bits per heavy atom. The van der Waals surface area contributed by atoms with E-state index in [-0.39, 0.29) is 18.0 Å². The van der Waals surface area contributed by atoms with Crippen LogP contribution in [0.5, 0.6) is 5.75 Å². The molecule has 6 nitrogen and oxygen atoms in total. The maximum Gasteiger partial charge on any atom is 0.322 e. The van der Waals surface area contributed by atoms with E-state index in [2.05, 4.69) is 5.32 Å². The molecule has 1 aliphatic heterocycles. The maximum absolute atomic E-state index is 13.1. The Hall–Kier alpha value is -2.73. The van der Waals surface area contributed by atoms with Crippen LogP contribution in [0.3, 0.4) is 0 Å². The largest absolute Gasteiger partial charge is 0.497 e. The Kier molecular flexibility index (Phi) is 6.99. The Morgan fingerprint density at radius 2 is 1.72 bits per heavy atom. The summed E-state index contributed by atoms with van der Waals surface area (Å²) in [5.41, 5.74) is 1.71. The number of ether oxygens (including phenoxy) is 1. The summed E-state index contributed by atoms with van der Waals surface area (Å²) in [5, 5.41) is 3.59. The summed E-state index contributed by atoms with van der Waals surface area (Å²) in [7, 11) is 1.63. The molecule has 0 radical (unpaired) electrons. The van der Waals surface area contributed by atoms with E-state index < -0.39 is 0 Å². The highest BCUT2D eigenvalue weighted by Crippen LogP contribution is 2.22. The third-order valence-electron chi connectivity index (χ3n) is 5.22. The lowest BCUT2D eigenvalue weighted by Crippen LogP contribution is -2.49. The zero-order chi connectivity index (χ0) is 20.8. The molecule has 1 fully saturated rings. The SMILES string of the molecule is COc1ccc(CN(C(=O)Nc2ccc(Cl)cc2)C2CCN(C(C)=O)CC2)cc1. The van der Waals surface area contributed by atoms with Crippen LogP contribution < -0.4 is 10.1 Å². The van der Waals surface area contributed by atoms with Crippen molar-refractivity contribution in [3.63, 3.8) is 0 Å². The second-order valence-electron chi connectivity index (χ2n) is 7.15. The van der Waals surface area contributed by atoms with Crippen molar-refractivity contribution in [2.24, 2.45) is 0 Å². The number of piperidine rings is 1. The highest BCUT2D eigenvalue weighted by atomic mass is 35.5. The summed E-state index contributed by atoms with van der Waals surface area (Å²) in [6, 6.07) is 14.7. The molecule has 0 atom stereocenters. The summed E-state index contributed by atoms with van der Waals surface area (Å²) in [5.74, 6) is 0.858. The third kappa shape index (κ3) is 5.64. The molecule has 1 aliphatic rings. The molecule has 1 saturated heterocycles. The number of halogens is 1. The molecule has 0 aromatic heterocycles. The number of hydrogen-bond acceptors (Lipinski definition) is 3. The van der Waals surface area contributed by atoms with Crippen molar-refractivity contribution in [3.8, 4) is 5.75 Å². The van der Waals surface area contributed by atoms with Crippen LogP contribution in [-0.2, 0) is 11.3 Å². The Balaban J connectivity index is 1.75. The molecule has 0 aliphatic carbocycles. The van der Waals surface area contributed by atoms with Crippen LogP contribution in [0.2, 0.25) is 5.02 Å². The molecular formula is C22H26ClN3O3.